The molecule has 0 radical (unpaired) electrons. The van der Waals surface area contributed by atoms with Gasteiger partial charge in [-0.3, -0.25) is 4.79 Å². The minimum Gasteiger partial charge on any atom is -0.461 e. The molecular weight excluding hydrogens is 304 g/mol. The SMILES string of the molecule is C=CCn1c(C)c(C(=O)N2CCCCCC2)c(C)c1C(=O)OCC. The highest BCUT2D eigenvalue weighted by molar-refractivity contribution is 6.01. The summed E-state index contributed by atoms with van der Waals surface area (Å²) in [6, 6.07) is 0. The number of carbonyl (C=O) groups is 2. The zero-order chi connectivity index (χ0) is 17.7. The van der Waals surface area contributed by atoms with Gasteiger partial charge < -0.3 is 14.2 Å². The molecule has 1 aliphatic rings. The molecular formula is C19H28N2O3. The quantitative estimate of drug-likeness (QED) is 0.613. The average molecular weight is 332 g/mol. The van der Waals surface area contributed by atoms with E-state index in [1.54, 1.807) is 13.0 Å². The standard InChI is InChI=1S/C19H28N2O3/c1-5-11-21-15(4)16(14(3)17(21)19(23)24-6-2)18(22)20-12-9-7-8-10-13-20/h5H,1,6-13H2,2-4H3. The molecule has 132 valence electrons. The van der Waals surface area contributed by atoms with Crippen LogP contribution in [0.15, 0.2) is 12.7 Å². The molecule has 2 heterocycles. The predicted octanol–water partition coefficient (Wildman–Crippen LogP) is 3.48. The molecule has 2 rings (SSSR count). The van der Waals surface area contributed by atoms with E-state index in [2.05, 4.69) is 6.58 Å². The Hall–Kier alpha value is -2.04. The summed E-state index contributed by atoms with van der Waals surface area (Å²) in [7, 11) is 0. The summed E-state index contributed by atoms with van der Waals surface area (Å²) in [5, 5.41) is 0. The number of hydrogen-bond donors (Lipinski definition) is 0. The van der Waals surface area contributed by atoms with Gasteiger partial charge in [0.2, 0.25) is 0 Å². The van der Waals surface area contributed by atoms with Crippen molar-refractivity contribution in [2.45, 2.75) is 53.0 Å². The average Bonchev–Trinajstić information content (AvgIpc) is 2.75. The van der Waals surface area contributed by atoms with E-state index in [0.29, 0.717) is 30.0 Å². The van der Waals surface area contributed by atoms with Gasteiger partial charge in [-0.1, -0.05) is 18.9 Å². The lowest BCUT2D eigenvalue weighted by atomic mass is 10.1. The van der Waals surface area contributed by atoms with Crippen molar-refractivity contribution in [3.8, 4) is 0 Å². The summed E-state index contributed by atoms with van der Waals surface area (Å²) in [6.45, 7) is 11.6. The van der Waals surface area contributed by atoms with Crippen molar-refractivity contribution in [2.24, 2.45) is 0 Å². The minimum absolute atomic E-state index is 0.0280. The Balaban J connectivity index is 2.45. The fourth-order valence-corrected chi connectivity index (χ4v) is 3.46. The molecule has 1 aromatic heterocycles. The second-order valence-corrected chi connectivity index (χ2v) is 6.26. The number of carbonyl (C=O) groups excluding carboxylic acids is 2. The molecule has 1 aliphatic heterocycles. The van der Waals surface area contributed by atoms with E-state index in [-0.39, 0.29) is 11.9 Å². The summed E-state index contributed by atoms with van der Waals surface area (Å²) in [5.74, 6) is -0.352. The fraction of sp³-hybridized carbons (Fsp3) is 0.579. The Morgan fingerprint density at radius 3 is 2.33 bits per heavy atom. The number of amides is 1. The summed E-state index contributed by atoms with van der Waals surface area (Å²) in [4.78, 5) is 27.4. The minimum atomic E-state index is -0.380. The van der Waals surface area contributed by atoms with Crippen LogP contribution in [-0.2, 0) is 11.3 Å². The number of esters is 1. The highest BCUT2D eigenvalue weighted by Crippen LogP contribution is 2.26. The van der Waals surface area contributed by atoms with Gasteiger partial charge in [0.05, 0.1) is 12.2 Å². The Morgan fingerprint density at radius 1 is 1.17 bits per heavy atom. The molecule has 24 heavy (non-hydrogen) atoms. The van der Waals surface area contributed by atoms with Crippen LogP contribution in [0.3, 0.4) is 0 Å². The molecule has 0 aromatic carbocycles. The maximum atomic E-state index is 13.1. The van der Waals surface area contributed by atoms with Crippen LogP contribution in [0.4, 0.5) is 0 Å². The number of nitrogens with zero attached hydrogens (tertiary/aromatic N) is 2. The highest BCUT2D eigenvalue weighted by atomic mass is 16.5. The van der Waals surface area contributed by atoms with Crippen molar-refractivity contribution in [2.75, 3.05) is 19.7 Å². The highest BCUT2D eigenvalue weighted by Gasteiger charge is 2.29. The first-order valence-electron chi connectivity index (χ1n) is 8.79. The molecule has 0 saturated carbocycles. The zero-order valence-electron chi connectivity index (χ0n) is 15.1. The van der Waals surface area contributed by atoms with Crippen molar-refractivity contribution in [1.82, 2.24) is 9.47 Å². The van der Waals surface area contributed by atoms with Crippen LogP contribution in [0.25, 0.3) is 0 Å². The second kappa shape index (κ2) is 8.18. The third-order valence-electron chi connectivity index (χ3n) is 4.65. The Bertz CT molecular complexity index is 623. The topological polar surface area (TPSA) is 51.5 Å². The lowest BCUT2D eigenvalue weighted by Gasteiger charge is -2.21. The van der Waals surface area contributed by atoms with Gasteiger partial charge in [0.25, 0.3) is 5.91 Å². The van der Waals surface area contributed by atoms with Gasteiger partial charge in [-0.15, -0.1) is 6.58 Å². The third-order valence-corrected chi connectivity index (χ3v) is 4.65. The van der Waals surface area contributed by atoms with Crippen LogP contribution in [-0.4, -0.2) is 41.0 Å². The fourth-order valence-electron chi connectivity index (χ4n) is 3.46. The summed E-state index contributed by atoms with van der Waals surface area (Å²) >= 11 is 0. The lowest BCUT2D eigenvalue weighted by molar-refractivity contribution is 0.0513. The van der Waals surface area contributed by atoms with Crippen LogP contribution < -0.4 is 0 Å². The van der Waals surface area contributed by atoms with E-state index < -0.39 is 0 Å². The van der Waals surface area contributed by atoms with Crippen molar-refractivity contribution in [3.05, 3.63) is 35.2 Å². The molecule has 1 saturated heterocycles. The van der Waals surface area contributed by atoms with E-state index in [4.69, 9.17) is 4.74 Å². The van der Waals surface area contributed by atoms with Crippen molar-refractivity contribution in [3.63, 3.8) is 0 Å². The van der Waals surface area contributed by atoms with Gasteiger partial charge in [0, 0.05) is 25.3 Å². The number of hydrogen-bond acceptors (Lipinski definition) is 3. The molecule has 0 spiro atoms. The molecule has 0 atom stereocenters. The van der Waals surface area contributed by atoms with Crippen molar-refractivity contribution < 1.29 is 14.3 Å². The number of allylic oxidation sites excluding steroid dienone is 1. The molecule has 1 aromatic rings. The summed E-state index contributed by atoms with van der Waals surface area (Å²) < 4.78 is 7.03. The van der Waals surface area contributed by atoms with Crippen molar-refractivity contribution in [1.29, 1.82) is 0 Å². The first-order chi connectivity index (χ1) is 11.5. The zero-order valence-corrected chi connectivity index (χ0v) is 15.1. The smallest absolute Gasteiger partial charge is 0.355 e. The molecule has 5 nitrogen and oxygen atoms in total. The van der Waals surface area contributed by atoms with Crippen molar-refractivity contribution >= 4 is 11.9 Å². The second-order valence-electron chi connectivity index (χ2n) is 6.26. The lowest BCUT2D eigenvalue weighted by Crippen LogP contribution is -2.32. The summed E-state index contributed by atoms with van der Waals surface area (Å²) in [5.41, 5.74) is 2.63. The third kappa shape index (κ3) is 3.55. The first kappa shape index (κ1) is 18.3. The van der Waals surface area contributed by atoms with Crippen LogP contribution in [0.1, 0.15) is 64.7 Å². The van der Waals surface area contributed by atoms with Gasteiger partial charge in [-0.2, -0.15) is 0 Å². The maximum absolute atomic E-state index is 13.1. The van der Waals surface area contributed by atoms with Crippen LogP contribution in [0.5, 0.6) is 0 Å². The molecule has 1 amide bonds. The van der Waals surface area contributed by atoms with E-state index in [1.165, 1.54) is 12.8 Å². The van der Waals surface area contributed by atoms with Crippen LogP contribution in [0.2, 0.25) is 0 Å². The Morgan fingerprint density at radius 2 is 1.79 bits per heavy atom. The molecule has 0 bridgehead atoms. The van der Waals surface area contributed by atoms with E-state index in [0.717, 1.165) is 31.6 Å². The Labute approximate surface area is 144 Å². The Kier molecular flexibility index (Phi) is 6.23. The number of likely N-dealkylation sites (tertiary alicyclic amines) is 1. The van der Waals surface area contributed by atoms with Gasteiger partial charge in [-0.05, 0) is 39.2 Å². The van der Waals surface area contributed by atoms with E-state index in [1.807, 2.05) is 23.3 Å². The van der Waals surface area contributed by atoms with E-state index in [9.17, 15) is 9.59 Å². The molecule has 0 aliphatic carbocycles. The monoisotopic (exact) mass is 332 g/mol. The van der Waals surface area contributed by atoms with E-state index >= 15 is 0 Å². The normalized spacial score (nSPS) is 15.0. The first-order valence-corrected chi connectivity index (χ1v) is 8.79. The maximum Gasteiger partial charge on any atom is 0.355 e. The number of ether oxygens (including phenoxy) is 1. The van der Waals surface area contributed by atoms with Crippen LogP contribution in [0, 0.1) is 13.8 Å². The predicted molar refractivity (Wildman–Crippen MR) is 94.4 cm³/mol. The number of aromatic nitrogens is 1. The molecule has 5 heteroatoms. The van der Waals surface area contributed by atoms with Crippen LogP contribution >= 0.6 is 0 Å². The molecule has 0 unspecified atom stereocenters. The van der Waals surface area contributed by atoms with Gasteiger partial charge in [0.1, 0.15) is 5.69 Å². The van der Waals surface area contributed by atoms with Gasteiger partial charge >= 0.3 is 5.97 Å². The van der Waals surface area contributed by atoms with Gasteiger partial charge in [0.15, 0.2) is 0 Å². The summed E-state index contributed by atoms with van der Waals surface area (Å²) in [6.07, 6.45) is 6.17. The van der Waals surface area contributed by atoms with Gasteiger partial charge in [-0.25, -0.2) is 4.79 Å². The molecule has 0 N–H and O–H groups in total. The largest absolute Gasteiger partial charge is 0.461 e. The molecule has 1 fully saturated rings. The number of rotatable bonds is 5.